The summed E-state index contributed by atoms with van der Waals surface area (Å²) in [6, 6.07) is 18.2. The third-order valence-electron chi connectivity index (χ3n) is 4.20. The molecule has 3 heteroatoms. The Morgan fingerprint density at radius 3 is 2.59 bits per heavy atom. The van der Waals surface area contributed by atoms with Crippen molar-refractivity contribution in [2.24, 2.45) is 0 Å². The van der Waals surface area contributed by atoms with E-state index < -0.39 is 0 Å². The maximum Gasteiger partial charge on any atom is 0.234 e. The average Bonchev–Trinajstić information content (AvgIpc) is 2.81. The monoisotopic (exact) mass is 295 g/mol. The van der Waals surface area contributed by atoms with E-state index in [4.69, 9.17) is 4.74 Å². The molecule has 0 spiro atoms. The van der Waals surface area contributed by atoms with Crippen molar-refractivity contribution in [2.45, 2.75) is 25.4 Å². The van der Waals surface area contributed by atoms with Crippen LogP contribution in [-0.4, -0.2) is 19.6 Å². The first-order chi connectivity index (χ1) is 10.8. The quantitative estimate of drug-likeness (QED) is 0.760. The molecular formula is C19H21NO2. The molecule has 1 aliphatic rings. The van der Waals surface area contributed by atoms with Crippen molar-refractivity contribution < 1.29 is 9.53 Å². The lowest BCUT2D eigenvalue weighted by atomic mass is 9.96. The fourth-order valence-corrected chi connectivity index (χ4v) is 3.01. The predicted octanol–water partition coefficient (Wildman–Crippen LogP) is 3.74. The number of nitrogens with zero attached hydrogens (tertiary/aromatic N) is 1. The van der Waals surface area contributed by atoms with E-state index in [0.29, 0.717) is 13.2 Å². The van der Waals surface area contributed by atoms with Gasteiger partial charge in [0.25, 0.3) is 0 Å². The summed E-state index contributed by atoms with van der Waals surface area (Å²) in [7, 11) is 1.85. The number of rotatable bonds is 6. The zero-order valence-corrected chi connectivity index (χ0v) is 12.9. The van der Waals surface area contributed by atoms with Crippen LogP contribution in [0.25, 0.3) is 0 Å². The second-order valence-electron chi connectivity index (χ2n) is 5.69. The Labute approximate surface area is 131 Å². The first-order valence-electron chi connectivity index (χ1n) is 7.75. The highest BCUT2D eigenvalue weighted by molar-refractivity contribution is 6.04. The molecule has 2 aromatic carbocycles. The van der Waals surface area contributed by atoms with Crippen LogP contribution in [0.5, 0.6) is 0 Å². The number of amides is 1. The van der Waals surface area contributed by atoms with Crippen LogP contribution >= 0.6 is 0 Å². The first kappa shape index (κ1) is 14.8. The van der Waals surface area contributed by atoms with Crippen LogP contribution in [0.3, 0.4) is 0 Å². The minimum Gasteiger partial charge on any atom is -0.377 e. The molecule has 0 N–H and O–H groups in total. The molecule has 22 heavy (non-hydrogen) atoms. The fourth-order valence-electron chi connectivity index (χ4n) is 3.01. The molecule has 0 saturated carbocycles. The number of carbonyl (C=O) groups excluding carboxylic acids is 1. The van der Waals surface area contributed by atoms with Gasteiger partial charge in [0.1, 0.15) is 0 Å². The van der Waals surface area contributed by atoms with Gasteiger partial charge in [0.15, 0.2) is 0 Å². The predicted molar refractivity (Wildman–Crippen MR) is 87.9 cm³/mol. The van der Waals surface area contributed by atoms with Crippen LogP contribution < -0.4 is 4.90 Å². The lowest BCUT2D eigenvalue weighted by molar-refractivity contribution is -0.119. The van der Waals surface area contributed by atoms with Crippen molar-refractivity contribution in [1.29, 1.82) is 0 Å². The van der Waals surface area contributed by atoms with E-state index in [1.165, 1.54) is 5.56 Å². The van der Waals surface area contributed by atoms with Crippen LogP contribution in [0.1, 0.15) is 29.9 Å². The second kappa shape index (κ2) is 6.75. The molecule has 1 aliphatic heterocycles. The fraction of sp³-hybridized carbons (Fsp3) is 0.316. The minimum absolute atomic E-state index is 0.0125. The number of hydrogen-bond donors (Lipinski definition) is 0. The SMILES string of the molecule is CN1C(=O)C(CCCOCc2ccccc2)c2ccccc21. The van der Waals surface area contributed by atoms with Gasteiger partial charge in [-0.3, -0.25) is 4.79 Å². The van der Waals surface area contributed by atoms with Crippen molar-refractivity contribution in [3.05, 3.63) is 65.7 Å². The third kappa shape index (κ3) is 3.04. The highest BCUT2D eigenvalue weighted by Crippen LogP contribution is 2.38. The molecule has 0 bridgehead atoms. The summed E-state index contributed by atoms with van der Waals surface area (Å²) in [5.74, 6) is 0.186. The summed E-state index contributed by atoms with van der Waals surface area (Å²) in [5, 5.41) is 0. The van der Waals surface area contributed by atoms with Gasteiger partial charge in [-0.1, -0.05) is 48.5 Å². The maximum atomic E-state index is 12.3. The van der Waals surface area contributed by atoms with Crippen molar-refractivity contribution in [1.82, 2.24) is 0 Å². The van der Waals surface area contributed by atoms with Crippen LogP contribution in [0.4, 0.5) is 5.69 Å². The largest absolute Gasteiger partial charge is 0.377 e. The van der Waals surface area contributed by atoms with E-state index in [-0.39, 0.29) is 11.8 Å². The van der Waals surface area contributed by atoms with Gasteiger partial charge >= 0.3 is 0 Å². The van der Waals surface area contributed by atoms with Crippen LogP contribution in [0.2, 0.25) is 0 Å². The number of carbonyl (C=O) groups is 1. The Morgan fingerprint density at radius 2 is 1.77 bits per heavy atom. The van der Waals surface area contributed by atoms with Gasteiger partial charge in [-0.25, -0.2) is 0 Å². The molecule has 1 atom stereocenters. The molecular weight excluding hydrogens is 274 g/mol. The zero-order chi connectivity index (χ0) is 15.4. The van der Waals surface area contributed by atoms with E-state index >= 15 is 0 Å². The number of para-hydroxylation sites is 1. The number of hydrogen-bond acceptors (Lipinski definition) is 2. The topological polar surface area (TPSA) is 29.5 Å². The van der Waals surface area contributed by atoms with Crippen LogP contribution in [-0.2, 0) is 16.1 Å². The molecule has 114 valence electrons. The number of anilines is 1. The molecule has 1 heterocycles. The summed E-state index contributed by atoms with van der Waals surface area (Å²) in [6.45, 7) is 1.32. The number of fused-ring (bicyclic) bond motifs is 1. The minimum atomic E-state index is -0.0125. The van der Waals surface area contributed by atoms with E-state index in [9.17, 15) is 4.79 Å². The Morgan fingerprint density at radius 1 is 1.05 bits per heavy atom. The Hall–Kier alpha value is -2.13. The van der Waals surface area contributed by atoms with Gasteiger partial charge < -0.3 is 9.64 Å². The Kier molecular flexibility index (Phi) is 4.54. The van der Waals surface area contributed by atoms with Crippen molar-refractivity contribution in [3.8, 4) is 0 Å². The second-order valence-corrected chi connectivity index (χ2v) is 5.69. The van der Waals surface area contributed by atoms with Gasteiger partial charge in [-0.05, 0) is 30.0 Å². The van der Waals surface area contributed by atoms with Gasteiger partial charge in [-0.2, -0.15) is 0 Å². The van der Waals surface area contributed by atoms with Gasteiger partial charge in [-0.15, -0.1) is 0 Å². The highest BCUT2D eigenvalue weighted by atomic mass is 16.5. The van der Waals surface area contributed by atoms with Crippen LogP contribution in [0.15, 0.2) is 54.6 Å². The van der Waals surface area contributed by atoms with Gasteiger partial charge in [0, 0.05) is 19.3 Å². The maximum absolute atomic E-state index is 12.3. The molecule has 0 radical (unpaired) electrons. The molecule has 2 aromatic rings. The van der Waals surface area contributed by atoms with E-state index in [0.717, 1.165) is 24.1 Å². The number of benzene rings is 2. The molecule has 0 fully saturated rings. The lowest BCUT2D eigenvalue weighted by Gasteiger charge is -2.11. The highest BCUT2D eigenvalue weighted by Gasteiger charge is 2.33. The number of likely N-dealkylation sites (N-methyl/N-ethyl adjacent to an activating group) is 1. The van der Waals surface area contributed by atoms with Crippen molar-refractivity contribution in [2.75, 3.05) is 18.6 Å². The van der Waals surface area contributed by atoms with Gasteiger partial charge in [0.05, 0.1) is 12.5 Å². The first-order valence-corrected chi connectivity index (χ1v) is 7.75. The molecule has 1 unspecified atom stereocenters. The van der Waals surface area contributed by atoms with Crippen LogP contribution in [0, 0.1) is 0 Å². The molecule has 1 amide bonds. The summed E-state index contributed by atoms with van der Waals surface area (Å²) in [6.07, 6.45) is 1.74. The standard InChI is InChI=1S/C19H21NO2/c1-20-18-12-6-5-10-16(18)17(19(20)21)11-7-13-22-14-15-8-3-2-4-9-15/h2-6,8-10,12,17H,7,11,13-14H2,1H3. The smallest absolute Gasteiger partial charge is 0.234 e. The van der Waals surface area contributed by atoms with E-state index in [1.54, 1.807) is 4.90 Å². The van der Waals surface area contributed by atoms with Gasteiger partial charge in [0.2, 0.25) is 5.91 Å². The average molecular weight is 295 g/mol. The van der Waals surface area contributed by atoms with E-state index in [2.05, 4.69) is 18.2 Å². The number of ether oxygens (including phenoxy) is 1. The van der Waals surface area contributed by atoms with Crippen molar-refractivity contribution >= 4 is 11.6 Å². The molecule has 0 aromatic heterocycles. The van der Waals surface area contributed by atoms with E-state index in [1.807, 2.05) is 43.4 Å². The van der Waals surface area contributed by atoms with Crippen molar-refractivity contribution in [3.63, 3.8) is 0 Å². The Bertz CT molecular complexity index is 639. The molecule has 0 aliphatic carbocycles. The summed E-state index contributed by atoms with van der Waals surface area (Å²) < 4.78 is 5.70. The summed E-state index contributed by atoms with van der Waals surface area (Å²) in [5.41, 5.74) is 3.38. The lowest BCUT2D eigenvalue weighted by Crippen LogP contribution is -2.24. The normalized spacial score (nSPS) is 16.9. The molecule has 0 saturated heterocycles. The summed E-state index contributed by atoms with van der Waals surface area (Å²) >= 11 is 0. The molecule has 3 nitrogen and oxygen atoms in total. The molecule has 3 rings (SSSR count). The summed E-state index contributed by atoms with van der Waals surface area (Å²) in [4.78, 5) is 14.1. The zero-order valence-electron chi connectivity index (χ0n) is 12.9. The Balaban J connectivity index is 1.49. The third-order valence-corrected chi connectivity index (χ3v) is 4.20.